The molecule has 28 heavy (non-hydrogen) atoms. The van der Waals surface area contributed by atoms with Crippen molar-refractivity contribution in [2.45, 2.75) is 27.2 Å². The van der Waals surface area contributed by atoms with Gasteiger partial charge in [0.25, 0.3) is 5.91 Å². The van der Waals surface area contributed by atoms with Crippen LogP contribution in [0.2, 0.25) is 0 Å². The molecule has 4 heteroatoms. The van der Waals surface area contributed by atoms with Crippen LogP contribution in [0.4, 0.5) is 0 Å². The monoisotopic (exact) mass is 393 g/mol. The summed E-state index contributed by atoms with van der Waals surface area (Å²) in [6.07, 6.45) is 5.26. The summed E-state index contributed by atoms with van der Waals surface area (Å²) in [5.74, 6) is 1.65. The van der Waals surface area contributed by atoms with E-state index in [-0.39, 0.29) is 5.91 Å². The average Bonchev–Trinajstić information content (AvgIpc) is 2.72. The molecule has 2 aromatic carbocycles. The van der Waals surface area contributed by atoms with Crippen LogP contribution in [0.5, 0.6) is 0 Å². The van der Waals surface area contributed by atoms with Crippen molar-refractivity contribution in [3.05, 3.63) is 83.7 Å². The van der Waals surface area contributed by atoms with Crippen LogP contribution in [-0.2, 0) is 9.63 Å². The zero-order valence-corrected chi connectivity index (χ0v) is 18.2. The molecule has 0 bridgehead atoms. The van der Waals surface area contributed by atoms with Crippen molar-refractivity contribution in [2.75, 3.05) is 14.2 Å². The maximum Gasteiger partial charge on any atom is 0.270 e. The first kappa shape index (κ1) is 21.8. The topological polar surface area (TPSA) is 29.5 Å². The van der Waals surface area contributed by atoms with Crippen molar-refractivity contribution in [3.8, 4) is 0 Å². The normalized spacial score (nSPS) is 11.4. The first-order valence-electron chi connectivity index (χ1n) is 9.32. The van der Waals surface area contributed by atoms with Gasteiger partial charge in [0.15, 0.2) is 0 Å². The molecule has 0 saturated heterocycles. The Kier molecular flexibility index (Phi) is 7.88. The number of nitrogens with zero attached hydrogens (tertiary/aromatic N) is 1. The number of rotatable bonds is 7. The van der Waals surface area contributed by atoms with Gasteiger partial charge in [0.2, 0.25) is 0 Å². The lowest BCUT2D eigenvalue weighted by molar-refractivity contribution is -0.159. The van der Waals surface area contributed by atoms with Gasteiger partial charge in [0, 0.05) is 18.1 Å². The van der Waals surface area contributed by atoms with Crippen LogP contribution in [-0.4, -0.2) is 30.9 Å². The molecular weight excluding hydrogens is 365 g/mol. The average molecular weight is 393 g/mol. The van der Waals surface area contributed by atoms with E-state index in [1.54, 1.807) is 7.05 Å². The molecule has 2 aromatic rings. The lowest BCUT2D eigenvalue weighted by Crippen LogP contribution is -2.30. The minimum Gasteiger partial charge on any atom is -0.274 e. The highest BCUT2D eigenvalue weighted by atomic mass is 31.2. The Labute approximate surface area is 169 Å². The number of carbonyl (C=O) groups excluding carboxylic acids is 1. The molecule has 146 valence electrons. The predicted molar refractivity (Wildman–Crippen MR) is 120 cm³/mol. The van der Waals surface area contributed by atoms with E-state index in [0.717, 1.165) is 22.3 Å². The van der Waals surface area contributed by atoms with E-state index in [0.29, 0.717) is 0 Å². The lowest BCUT2D eigenvalue weighted by atomic mass is 10.3. The summed E-state index contributed by atoms with van der Waals surface area (Å²) in [6.45, 7) is 3.86. The maximum atomic E-state index is 13.0. The summed E-state index contributed by atoms with van der Waals surface area (Å²) in [4.78, 5) is 18.2. The van der Waals surface area contributed by atoms with Crippen LogP contribution >= 0.6 is 6.89 Å². The number of hydroxylamine groups is 2. The highest BCUT2D eigenvalue weighted by Gasteiger charge is 2.28. The third kappa shape index (κ3) is 4.84. The van der Waals surface area contributed by atoms with Gasteiger partial charge >= 0.3 is 0 Å². The Bertz CT molecular complexity index is 851. The summed E-state index contributed by atoms with van der Waals surface area (Å²) in [5, 5.41) is 4.46. The Balaban J connectivity index is 3.00. The number of hydrogen-bond acceptors (Lipinski definition) is 2. The second-order valence-electron chi connectivity index (χ2n) is 6.64. The second kappa shape index (κ2) is 10.1. The molecule has 0 fully saturated rings. The molecule has 0 saturated carbocycles. The SMILES string of the molecule is CCC=C(C=C(C)C)P(=CC(=O)N(C)OC)(c1c#cccc1)c1ccccc1. The molecule has 0 aromatic heterocycles. The third-order valence-electron chi connectivity index (χ3n) is 4.32. The first-order chi connectivity index (χ1) is 13.5. The Morgan fingerprint density at radius 3 is 2.43 bits per heavy atom. The van der Waals surface area contributed by atoms with Gasteiger partial charge in [-0.25, -0.2) is 5.06 Å². The molecule has 0 aliphatic carbocycles. The molecule has 3 nitrogen and oxygen atoms in total. The maximum absolute atomic E-state index is 13.0. The Morgan fingerprint density at radius 2 is 1.89 bits per heavy atom. The van der Waals surface area contributed by atoms with Crippen LogP contribution in [0.1, 0.15) is 27.2 Å². The highest BCUT2D eigenvalue weighted by molar-refractivity contribution is 7.92. The number of carbonyl (C=O) groups is 1. The van der Waals surface area contributed by atoms with E-state index in [1.807, 2.05) is 42.2 Å². The van der Waals surface area contributed by atoms with Crippen molar-refractivity contribution >= 4 is 29.2 Å². The van der Waals surface area contributed by atoms with Crippen LogP contribution < -0.4 is 10.6 Å². The van der Waals surface area contributed by atoms with Gasteiger partial charge < -0.3 is 0 Å². The summed E-state index contributed by atoms with van der Waals surface area (Å²) >= 11 is 0. The van der Waals surface area contributed by atoms with Crippen molar-refractivity contribution in [3.63, 3.8) is 0 Å². The highest BCUT2D eigenvalue weighted by Crippen LogP contribution is 2.53. The molecule has 0 N–H and O–H groups in total. The predicted octanol–water partition coefficient (Wildman–Crippen LogP) is 4.34. The van der Waals surface area contributed by atoms with Crippen LogP contribution in [0.15, 0.2) is 71.6 Å². The van der Waals surface area contributed by atoms with Gasteiger partial charge in [0.05, 0.1) is 7.11 Å². The molecular formula is C24H28NO2P. The van der Waals surface area contributed by atoms with E-state index >= 15 is 0 Å². The minimum absolute atomic E-state index is 0.180. The number of amides is 1. The van der Waals surface area contributed by atoms with E-state index < -0.39 is 6.89 Å². The van der Waals surface area contributed by atoms with Crippen LogP contribution in [0.25, 0.3) is 0 Å². The fourth-order valence-corrected chi connectivity index (χ4v) is 6.93. The van der Waals surface area contributed by atoms with Crippen molar-refractivity contribution < 1.29 is 9.63 Å². The summed E-state index contributed by atoms with van der Waals surface area (Å²) in [6, 6.07) is 22.4. The Morgan fingerprint density at radius 1 is 1.18 bits per heavy atom. The van der Waals surface area contributed by atoms with E-state index in [2.05, 4.69) is 57.2 Å². The fourth-order valence-electron chi connectivity index (χ4n) is 3.01. The minimum atomic E-state index is -2.40. The van der Waals surface area contributed by atoms with Crippen molar-refractivity contribution in [1.29, 1.82) is 0 Å². The van der Waals surface area contributed by atoms with Gasteiger partial charge in [-0.15, -0.1) is 0 Å². The Hall–Kier alpha value is -2.53. The number of benzene rings is 1. The third-order valence-corrected chi connectivity index (χ3v) is 8.19. The second-order valence-corrected chi connectivity index (χ2v) is 9.86. The molecule has 2 rings (SSSR count). The standard InChI is InChI=1S/C24H28NO2P/c1-6-13-23(18-20(2)3)28(19-24(26)25(4)27-5,21-14-9-7-10-15-21)22-16-11-8-12-17-22/h7-11,13-16,18-19H,6H2,1-5H3. The first-order valence-corrected chi connectivity index (χ1v) is 11.2. The number of hydrogen-bond donors (Lipinski definition) is 0. The van der Waals surface area contributed by atoms with E-state index in [4.69, 9.17) is 4.84 Å². The smallest absolute Gasteiger partial charge is 0.270 e. The van der Waals surface area contributed by atoms with Crippen LogP contribution in [0.3, 0.4) is 0 Å². The van der Waals surface area contributed by atoms with Crippen molar-refractivity contribution in [1.82, 2.24) is 5.06 Å². The molecule has 0 aliphatic rings. The van der Waals surface area contributed by atoms with Gasteiger partial charge in [0.1, 0.15) is 0 Å². The van der Waals surface area contributed by atoms with Crippen LogP contribution in [0, 0.1) is 12.1 Å². The summed E-state index contributed by atoms with van der Waals surface area (Å²) in [5.41, 5.74) is 1.18. The fraction of sp³-hybridized carbons (Fsp3) is 0.250. The number of allylic oxidation sites excluding steroid dienone is 4. The van der Waals surface area contributed by atoms with Gasteiger partial charge in [-0.3, -0.25) is 9.63 Å². The quantitative estimate of drug-likeness (QED) is 0.398. The molecule has 1 atom stereocenters. The van der Waals surface area contributed by atoms with E-state index in [9.17, 15) is 4.79 Å². The molecule has 0 heterocycles. The zero-order valence-electron chi connectivity index (χ0n) is 17.3. The largest absolute Gasteiger partial charge is 0.274 e. The molecule has 1 unspecified atom stereocenters. The summed E-state index contributed by atoms with van der Waals surface area (Å²) in [7, 11) is 3.12. The summed E-state index contributed by atoms with van der Waals surface area (Å²) < 4.78 is 0. The molecule has 0 radical (unpaired) electrons. The lowest BCUT2D eigenvalue weighted by Gasteiger charge is -2.29. The molecule has 0 spiro atoms. The van der Waals surface area contributed by atoms with E-state index in [1.165, 1.54) is 17.7 Å². The van der Waals surface area contributed by atoms with Crippen molar-refractivity contribution in [2.24, 2.45) is 0 Å². The molecule has 0 aliphatic heterocycles. The van der Waals surface area contributed by atoms with Gasteiger partial charge in [-0.1, -0.05) is 73.2 Å². The van der Waals surface area contributed by atoms with Gasteiger partial charge in [-0.05, 0) is 49.9 Å². The molecule has 1 amide bonds. The zero-order chi connectivity index (χ0) is 20.6. The van der Waals surface area contributed by atoms with Gasteiger partial charge in [-0.2, -0.15) is 0 Å².